The molecule has 0 aromatic rings. The predicted octanol–water partition coefficient (Wildman–Crippen LogP) is 0.675. The van der Waals surface area contributed by atoms with Crippen molar-refractivity contribution in [3.05, 3.63) is 12.7 Å². The monoisotopic (exact) mass is 141 g/mol. The maximum absolute atomic E-state index is 9.32. The highest BCUT2D eigenvalue weighted by Gasteiger charge is 2.23. The molecule has 2 heteroatoms. The summed E-state index contributed by atoms with van der Waals surface area (Å²) in [6, 6.07) is 0.318. The van der Waals surface area contributed by atoms with Crippen molar-refractivity contribution < 1.29 is 5.11 Å². The second-order valence-corrected chi connectivity index (χ2v) is 2.80. The molecular weight excluding hydrogens is 126 g/mol. The second-order valence-electron chi connectivity index (χ2n) is 2.80. The molecule has 2 unspecified atom stereocenters. The van der Waals surface area contributed by atoms with E-state index in [4.69, 9.17) is 0 Å². The number of hydrogen-bond donors (Lipinski definition) is 2. The van der Waals surface area contributed by atoms with E-state index >= 15 is 0 Å². The van der Waals surface area contributed by atoms with Crippen LogP contribution in [0, 0.1) is 0 Å². The van der Waals surface area contributed by atoms with E-state index in [-0.39, 0.29) is 6.10 Å². The average Bonchev–Trinajstić information content (AvgIpc) is 2.31. The zero-order valence-electron chi connectivity index (χ0n) is 6.21. The van der Waals surface area contributed by atoms with Crippen molar-refractivity contribution in [2.75, 3.05) is 6.54 Å². The lowest BCUT2D eigenvalue weighted by molar-refractivity contribution is 0.151. The van der Waals surface area contributed by atoms with Crippen LogP contribution >= 0.6 is 0 Å². The fourth-order valence-electron chi connectivity index (χ4n) is 1.41. The molecule has 2 nitrogen and oxygen atoms in total. The molecule has 58 valence electrons. The van der Waals surface area contributed by atoms with E-state index < -0.39 is 0 Å². The number of aliphatic hydroxyl groups is 1. The van der Waals surface area contributed by atoms with Crippen molar-refractivity contribution in [2.45, 2.75) is 31.4 Å². The lowest BCUT2D eigenvalue weighted by Gasteiger charge is -2.14. The van der Waals surface area contributed by atoms with Crippen LogP contribution in [0.1, 0.15) is 19.3 Å². The van der Waals surface area contributed by atoms with Gasteiger partial charge in [0.1, 0.15) is 0 Å². The molecule has 0 aliphatic heterocycles. The first-order valence-corrected chi connectivity index (χ1v) is 3.87. The fourth-order valence-corrected chi connectivity index (χ4v) is 1.41. The SMILES string of the molecule is C=CCNC1CCCC1O. The minimum atomic E-state index is -0.125. The van der Waals surface area contributed by atoms with Gasteiger partial charge in [-0.1, -0.05) is 6.08 Å². The molecular formula is C8H15NO. The Morgan fingerprint density at radius 2 is 2.40 bits per heavy atom. The summed E-state index contributed by atoms with van der Waals surface area (Å²) in [5, 5.41) is 12.5. The van der Waals surface area contributed by atoms with E-state index in [1.54, 1.807) is 0 Å². The summed E-state index contributed by atoms with van der Waals surface area (Å²) in [6.45, 7) is 4.41. The van der Waals surface area contributed by atoms with Crippen LogP contribution in [-0.4, -0.2) is 23.8 Å². The molecule has 1 saturated carbocycles. The molecule has 0 bridgehead atoms. The third-order valence-corrected chi connectivity index (χ3v) is 2.00. The van der Waals surface area contributed by atoms with Gasteiger partial charge in [0.2, 0.25) is 0 Å². The Balaban J connectivity index is 2.19. The minimum Gasteiger partial charge on any atom is -0.392 e. The van der Waals surface area contributed by atoms with E-state index in [0.717, 1.165) is 25.8 Å². The molecule has 1 rings (SSSR count). The molecule has 2 N–H and O–H groups in total. The smallest absolute Gasteiger partial charge is 0.0693 e. The Labute approximate surface area is 61.9 Å². The van der Waals surface area contributed by atoms with Gasteiger partial charge in [-0.25, -0.2) is 0 Å². The molecule has 1 aliphatic rings. The molecule has 0 spiro atoms. The Bertz CT molecular complexity index is 114. The first kappa shape index (κ1) is 7.76. The summed E-state index contributed by atoms with van der Waals surface area (Å²) < 4.78 is 0. The van der Waals surface area contributed by atoms with Gasteiger partial charge >= 0.3 is 0 Å². The van der Waals surface area contributed by atoms with Gasteiger partial charge in [0.05, 0.1) is 6.10 Å². The molecule has 0 amide bonds. The van der Waals surface area contributed by atoms with Gasteiger partial charge in [0.15, 0.2) is 0 Å². The normalized spacial score (nSPS) is 32.5. The summed E-state index contributed by atoms with van der Waals surface area (Å²) in [7, 11) is 0. The number of aliphatic hydroxyl groups excluding tert-OH is 1. The molecule has 0 heterocycles. The Morgan fingerprint density at radius 3 is 2.90 bits per heavy atom. The van der Waals surface area contributed by atoms with E-state index in [2.05, 4.69) is 11.9 Å². The lowest BCUT2D eigenvalue weighted by Crippen LogP contribution is -2.35. The van der Waals surface area contributed by atoms with Crippen LogP contribution in [0.5, 0.6) is 0 Å². The maximum atomic E-state index is 9.32. The van der Waals surface area contributed by atoms with Crippen LogP contribution in [-0.2, 0) is 0 Å². The van der Waals surface area contributed by atoms with Gasteiger partial charge < -0.3 is 10.4 Å². The van der Waals surface area contributed by atoms with Crippen LogP contribution in [0.2, 0.25) is 0 Å². The first-order chi connectivity index (χ1) is 4.84. The summed E-state index contributed by atoms with van der Waals surface area (Å²) in [4.78, 5) is 0. The molecule has 2 atom stereocenters. The Morgan fingerprint density at radius 1 is 1.60 bits per heavy atom. The van der Waals surface area contributed by atoms with E-state index in [1.165, 1.54) is 0 Å². The molecule has 0 aromatic carbocycles. The van der Waals surface area contributed by atoms with Crippen molar-refractivity contribution in [3.8, 4) is 0 Å². The topological polar surface area (TPSA) is 32.3 Å². The summed E-state index contributed by atoms with van der Waals surface area (Å²) in [5.74, 6) is 0. The number of rotatable bonds is 3. The van der Waals surface area contributed by atoms with Gasteiger partial charge in [-0.2, -0.15) is 0 Å². The van der Waals surface area contributed by atoms with Crippen molar-refractivity contribution in [1.29, 1.82) is 0 Å². The van der Waals surface area contributed by atoms with E-state index in [0.29, 0.717) is 6.04 Å². The minimum absolute atomic E-state index is 0.125. The molecule has 0 aromatic heterocycles. The molecule has 10 heavy (non-hydrogen) atoms. The Kier molecular flexibility index (Phi) is 2.90. The van der Waals surface area contributed by atoms with Gasteiger partial charge in [0, 0.05) is 12.6 Å². The van der Waals surface area contributed by atoms with Crippen LogP contribution in [0.3, 0.4) is 0 Å². The summed E-state index contributed by atoms with van der Waals surface area (Å²) in [5.41, 5.74) is 0. The molecule has 0 radical (unpaired) electrons. The van der Waals surface area contributed by atoms with E-state index in [9.17, 15) is 5.11 Å². The maximum Gasteiger partial charge on any atom is 0.0693 e. The molecule has 1 aliphatic carbocycles. The van der Waals surface area contributed by atoms with Gasteiger partial charge in [-0.15, -0.1) is 6.58 Å². The van der Waals surface area contributed by atoms with E-state index in [1.807, 2.05) is 6.08 Å². The zero-order chi connectivity index (χ0) is 7.40. The van der Waals surface area contributed by atoms with Crippen LogP contribution < -0.4 is 5.32 Å². The predicted molar refractivity (Wildman–Crippen MR) is 41.8 cm³/mol. The zero-order valence-corrected chi connectivity index (χ0v) is 6.21. The molecule has 0 saturated heterocycles. The quantitative estimate of drug-likeness (QED) is 0.566. The van der Waals surface area contributed by atoms with Gasteiger partial charge in [0.25, 0.3) is 0 Å². The third-order valence-electron chi connectivity index (χ3n) is 2.00. The third kappa shape index (κ3) is 1.82. The average molecular weight is 141 g/mol. The van der Waals surface area contributed by atoms with Crippen LogP contribution in [0.15, 0.2) is 12.7 Å². The highest BCUT2D eigenvalue weighted by Crippen LogP contribution is 2.18. The molecule has 1 fully saturated rings. The first-order valence-electron chi connectivity index (χ1n) is 3.87. The number of hydrogen-bond acceptors (Lipinski definition) is 2. The lowest BCUT2D eigenvalue weighted by atomic mass is 10.2. The van der Waals surface area contributed by atoms with Gasteiger partial charge in [-0.05, 0) is 19.3 Å². The van der Waals surface area contributed by atoms with Crippen molar-refractivity contribution >= 4 is 0 Å². The summed E-state index contributed by atoms with van der Waals surface area (Å²) >= 11 is 0. The fraction of sp³-hybridized carbons (Fsp3) is 0.750. The van der Waals surface area contributed by atoms with Crippen molar-refractivity contribution in [2.24, 2.45) is 0 Å². The highest BCUT2D eigenvalue weighted by molar-refractivity contribution is 4.84. The van der Waals surface area contributed by atoms with Crippen LogP contribution in [0.4, 0.5) is 0 Å². The number of nitrogens with one attached hydrogen (secondary N) is 1. The standard InChI is InChI=1S/C8H15NO/c1-2-6-9-7-4-3-5-8(7)10/h2,7-10H,1,3-6H2. The van der Waals surface area contributed by atoms with Crippen molar-refractivity contribution in [1.82, 2.24) is 5.32 Å². The highest BCUT2D eigenvalue weighted by atomic mass is 16.3. The summed E-state index contributed by atoms with van der Waals surface area (Å²) in [6.07, 6.45) is 4.91. The second kappa shape index (κ2) is 3.74. The Hall–Kier alpha value is -0.340. The van der Waals surface area contributed by atoms with Crippen molar-refractivity contribution in [3.63, 3.8) is 0 Å². The van der Waals surface area contributed by atoms with Gasteiger partial charge in [-0.3, -0.25) is 0 Å². The largest absolute Gasteiger partial charge is 0.392 e. The van der Waals surface area contributed by atoms with Crippen LogP contribution in [0.25, 0.3) is 0 Å².